The molecule has 1 atom stereocenters. The van der Waals surface area contributed by atoms with Gasteiger partial charge in [-0.3, -0.25) is 0 Å². The summed E-state index contributed by atoms with van der Waals surface area (Å²) in [6.07, 6.45) is 1.61. The monoisotopic (exact) mass is 272 g/mol. The fraction of sp³-hybridized carbons (Fsp3) is 0.556. The van der Waals surface area contributed by atoms with Crippen LogP contribution < -0.4 is 0 Å². The van der Waals surface area contributed by atoms with Crippen molar-refractivity contribution in [3.05, 3.63) is 22.9 Å². The summed E-state index contributed by atoms with van der Waals surface area (Å²) in [5.74, 6) is 0.386. The van der Waals surface area contributed by atoms with Crippen LogP contribution >= 0.6 is 30.8 Å². The second-order valence-electron chi connectivity index (χ2n) is 3.48. The molecule has 0 aromatic rings. The summed E-state index contributed by atoms with van der Waals surface area (Å²) in [6, 6.07) is 0. The first-order chi connectivity index (χ1) is 6.78. The number of allylic oxidation sites excluding steroid dienone is 2. The smallest absolute Gasteiger partial charge is 0.380 e. The first-order valence-electron chi connectivity index (χ1n) is 4.45. The molecule has 0 aliphatic carbocycles. The molecule has 1 N–H and O–H groups in total. The second-order valence-corrected chi connectivity index (χ2v) is 6.25. The molecule has 15 heavy (non-hydrogen) atoms. The fourth-order valence-electron chi connectivity index (χ4n) is 0.892. The van der Waals surface area contributed by atoms with Gasteiger partial charge in [0.05, 0.1) is 6.16 Å². The zero-order valence-corrected chi connectivity index (χ0v) is 11.1. The zero-order chi connectivity index (χ0) is 12.1. The largest absolute Gasteiger partial charge is 0.426 e. The van der Waals surface area contributed by atoms with Crippen molar-refractivity contribution < 1.29 is 14.0 Å². The third-order valence-corrected chi connectivity index (χ3v) is 3.06. The maximum absolute atomic E-state index is 11.4. The molecule has 0 aromatic heterocycles. The van der Waals surface area contributed by atoms with Crippen molar-refractivity contribution >= 4 is 30.8 Å². The molecule has 0 saturated heterocycles. The summed E-state index contributed by atoms with van der Waals surface area (Å²) >= 11 is 11.1. The van der Waals surface area contributed by atoms with E-state index in [1.165, 1.54) is 6.08 Å². The van der Waals surface area contributed by atoms with Gasteiger partial charge in [-0.05, 0) is 5.92 Å². The van der Waals surface area contributed by atoms with E-state index in [4.69, 9.17) is 27.7 Å². The lowest BCUT2D eigenvalue weighted by Crippen LogP contribution is -1.98. The van der Waals surface area contributed by atoms with Gasteiger partial charge in [0.15, 0.2) is 0 Å². The van der Waals surface area contributed by atoms with E-state index in [1.54, 1.807) is 0 Å². The van der Waals surface area contributed by atoms with Gasteiger partial charge in [0.1, 0.15) is 10.3 Å². The highest BCUT2D eigenvalue weighted by Crippen LogP contribution is 2.46. The first-order valence-corrected chi connectivity index (χ1v) is 6.97. The third kappa shape index (κ3) is 7.02. The molecule has 0 amide bonds. The lowest BCUT2D eigenvalue weighted by atomic mass is 10.1. The van der Waals surface area contributed by atoms with E-state index in [0.717, 1.165) is 0 Å². The van der Waals surface area contributed by atoms with E-state index in [-0.39, 0.29) is 22.3 Å². The molecule has 0 radical (unpaired) electrons. The molecule has 88 valence electrons. The van der Waals surface area contributed by atoms with Gasteiger partial charge in [-0.2, -0.15) is 0 Å². The normalized spacial score (nSPS) is 14.5. The van der Waals surface area contributed by atoms with E-state index in [2.05, 4.69) is 6.58 Å². The molecule has 0 aromatic carbocycles. The quantitative estimate of drug-likeness (QED) is 0.451. The van der Waals surface area contributed by atoms with Crippen LogP contribution in [0.5, 0.6) is 0 Å². The van der Waals surface area contributed by atoms with Crippen molar-refractivity contribution in [1.29, 1.82) is 0 Å². The SMILES string of the molecule is C=CCP(=O)(O)OC(CC(C)C)=C(Cl)Cl. The number of rotatable bonds is 6. The maximum atomic E-state index is 11.4. The Morgan fingerprint density at radius 1 is 1.60 bits per heavy atom. The van der Waals surface area contributed by atoms with Gasteiger partial charge in [-0.25, -0.2) is 4.57 Å². The Hall–Kier alpha value is 0.0500. The molecule has 0 fully saturated rings. The molecular formula is C9H15Cl2O3P. The van der Waals surface area contributed by atoms with Crippen LogP contribution in [0.2, 0.25) is 0 Å². The minimum Gasteiger partial charge on any atom is -0.426 e. The van der Waals surface area contributed by atoms with Crippen molar-refractivity contribution in [3.63, 3.8) is 0 Å². The third-order valence-electron chi connectivity index (χ3n) is 1.42. The Morgan fingerprint density at radius 3 is 2.47 bits per heavy atom. The van der Waals surface area contributed by atoms with Crippen molar-refractivity contribution in [1.82, 2.24) is 0 Å². The van der Waals surface area contributed by atoms with Gasteiger partial charge < -0.3 is 9.42 Å². The Bertz CT molecular complexity index is 296. The van der Waals surface area contributed by atoms with Crippen LogP contribution in [-0.2, 0) is 9.09 Å². The van der Waals surface area contributed by atoms with Crippen LogP contribution in [0.15, 0.2) is 22.9 Å². The molecule has 0 rings (SSSR count). The van der Waals surface area contributed by atoms with Crippen LogP contribution in [0.3, 0.4) is 0 Å². The summed E-state index contributed by atoms with van der Waals surface area (Å²) in [6.45, 7) is 7.22. The van der Waals surface area contributed by atoms with Gasteiger partial charge in [0.2, 0.25) is 0 Å². The molecule has 1 unspecified atom stereocenters. The Labute approximate surface area is 100 Å². The van der Waals surface area contributed by atoms with Crippen LogP contribution in [0.1, 0.15) is 20.3 Å². The Balaban J connectivity index is 4.64. The molecule has 0 heterocycles. The summed E-state index contributed by atoms with van der Waals surface area (Å²) in [4.78, 5) is 9.36. The van der Waals surface area contributed by atoms with Gasteiger partial charge in [-0.15, -0.1) is 6.58 Å². The summed E-state index contributed by atoms with van der Waals surface area (Å²) in [5, 5.41) is 0. The van der Waals surface area contributed by atoms with E-state index in [0.29, 0.717) is 6.42 Å². The molecule has 0 aliphatic heterocycles. The van der Waals surface area contributed by atoms with E-state index in [1.807, 2.05) is 13.8 Å². The summed E-state index contributed by atoms with van der Waals surface area (Å²) in [7, 11) is -3.70. The summed E-state index contributed by atoms with van der Waals surface area (Å²) in [5.41, 5.74) is 0. The highest BCUT2D eigenvalue weighted by molar-refractivity contribution is 7.53. The molecule has 0 spiro atoms. The molecule has 0 saturated carbocycles. The molecule has 3 nitrogen and oxygen atoms in total. The highest BCUT2D eigenvalue weighted by atomic mass is 35.5. The molecule has 0 bridgehead atoms. The molecule has 0 aliphatic rings. The fourth-order valence-corrected chi connectivity index (χ4v) is 2.14. The van der Waals surface area contributed by atoms with Gasteiger partial charge in [0.25, 0.3) is 0 Å². The minimum absolute atomic E-state index is 0.109. The average molecular weight is 273 g/mol. The van der Waals surface area contributed by atoms with Gasteiger partial charge in [-0.1, -0.05) is 43.1 Å². The minimum atomic E-state index is -3.70. The standard InChI is InChI=1S/C9H15Cl2O3P/c1-4-5-15(12,13)14-8(9(10)11)6-7(2)3/h4,7H,1,5-6H2,2-3H3,(H,12,13). The van der Waals surface area contributed by atoms with Crippen molar-refractivity contribution in [2.45, 2.75) is 20.3 Å². The van der Waals surface area contributed by atoms with Gasteiger partial charge >= 0.3 is 7.60 Å². The number of hydrogen-bond donors (Lipinski definition) is 1. The summed E-state index contributed by atoms with van der Waals surface area (Å²) < 4.78 is 16.2. The van der Waals surface area contributed by atoms with Crippen LogP contribution in [0, 0.1) is 5.92 Å². The van der Waals surface area contributed by atoms with Crippen LogP contribution in [0.25, 0.3) is 0 Å². The number of halogens is 2. The van der Waals surface area contributed by atoms with E-state index < -0.39 is 7.60 Å². The van der Waals surface area contributed by atoms with Crippen molar-refractivity contribution in [2.75, 3.05) is 6.16 Å². The first kappa shape index (κ1) is 15.0. The second kappa shape index (κ2) is 6.59. The average Bonchev–Trinajstić information content (AvgIpc) is 2.00. The molecule has 6 heteroatoms. The molecular weight excluding hydrogens is 258 g/mol. The van der Waals surface area contributed by atoms with Crippen molar-refractivity contribution in [2.24, 2.45) is 5.92 Å². The lowest BCUT2D eigenvalue weighted by molar-refractivity contribution is 0.308. The van der Waals surface area contributed by atoms with Crippen molar-refractivity contribution in [3.8, 4) is 0 Å². The van der Waals surface area contributed by atoms with Crippen LogP contribution in [0.4, 0.5) is 0 Å². The Kier molecular flexibility index (Phi) is 6.62. The maximum Gasteiger partial charge on any atom is 0.380 e. The highest BCUT2D eigenvalue weighted by Gasteiger charge is 2.22. The van der Waals surface area contributed by atoms with Gasteiger partial charge in [0, 0.05) is 6.42 Å². The zero-order valence-electron chi connectivity index (χ0n) is 8.74. The number of hydrogen-bond acceptors (Lipinski definition) is 2. The predicted molar refractivity (Wildman–Crippen MR) is 64.2 cm³/mol. The topological polar surface area (TPSA) is 46.5 Å². The van der Waals surface area contributed by atoms with E-state index >= 15 is 0 Å². The lowest BCUT2D eigenvalue weighted by Gasteiger charge is -2.16. The van der Waals surface area contributed by atoms with E-state index in [9.17, 15) is 9.46 Å². The Morgan fingerprint density at radius 2 is 2.13 bits per heavy atom. The van der Waals surface area contributed by atoms with Crippen LogP contribution in [-0.4, -0.2) is 11.1 Å². The predicted octanol–water partition coefficient (Wildman–Crippen LogP) is 4.07.